The molecule has 0 amide bonds. The van der Waals surface area contributed by atoms with Crippen LogP contribution in [0.5, 0.6) is 5.75 Å². The summed E-state index contributed by atoms with van der Waals surface area (Å²) in [6.07, 6.45) is 2.74. The molecule has 2 unspecified atom stereocenters. The number of rotatable bonds is 5. The summed E-state index contributed by atoms with van der Waals surface area (Å²) in [4.78, 5) is 16.4. The highest BCUT2D eigenvalue weighted by atomic mass is 32.1. The van der Waals surface area contributed by atoms with Gasteiger partial charge >= 0.3 is 5.97 Å². The summed E-state index contributed by atoms with van der Waals surface area (Å²) in [5.74, 6) is 0.0924. The van der Waals surface area contributed by atoms with Crippen molar-refractivity contribution in [3.63, 3.8) is 0 Å². The molecule has 3 rings (SSSR count). The SMILES string of the molecule is COc1ccc(C(c2ccc(C)s2)N2CCCCC2C(=O)O)cc1. The molecule has 1 aromatic carbocycles. The molecule has 2 heterocycles. The number of hydrogen-bond acceptors (Lipinski definition) is 4. The lowest BCUT2D eigenvalue weighted by atomic mass is 9.95. The Labute approximate surface area is 146 Å². The molecule has 0 aliphatic carbocycles. The number of carbonyl (C=O) groups is 1. The van der Waals surface area contributed by atoms with Crippen molar-refractivity contribution in [2.75, 3.05) is 13.7 Å². The molecule has 2 aromatic rings. The molecular weight excluding hydrogens is 322 g/mol. The van der Waals surface area contributed by atoms with Gasteiger partial charge in [0.05, 0.1) is 13.2 Å². The van der Waals surface area contributed by atoms with Gasteiger partial charge in [0.15, 0.2) is 0 Å². The standard InChI is InChI=1S/C19H23NO3S/c1-13-6-11-17(24-13)18(14-7-9-15(23-2)10-8-14)20-12-4-3-5-16(20)19(21)22/h6-11,16,18H,3-5,12H2,1-2H3,(H,21,22). The fourth-order valence-electron chi connectivity index (χ4n) is 3.43. The molecule has 0 bridgehead atoms. The Hall–Kier alpha value is -1.85. The van der Waals surface area contributed by atoms with Crippen molar-refractivity contribution in [2.24, 2.45) is 0 Å². The predicted molar refractivity (Wildman–Crippen MR) is 95.9 cm³/mol. The van der Waals surface area contributed by atoms with Gasteiger partial charge in [-0.15, -0.1) is 11.3 Å². The number of piperidine rings is 1. The van der Waals surface area contributed by atoms with Gasteiger partial charge < -0.3 is 9.84 Å². The van der Waals surface area contributed by atoms with Crippen LogP contribution in [-0.2, 0) is 4.79 Å². The highest BCUT2D eigenvalue weighted by molar-refractivity contribution is 7.12. The Bertz CT molecular complexity index is 695. The average Bonchev–Trinajstić information content (AvgIpc) is 3.02. The second-order valence-electron chi connectivity index (χ2n) is 6.21. The molecule has 1 aromatic heterocycles. The summed E-state index contributed by atoms with van der Waals surface area (Å²) in [5, 5.41) is 9.68. The van der Waals surface area contributed by atoms with Gasteiger partial charge in [-0.05, 0) is 56.1 Å². The minimum atomic E-state index is -0.721. The van der Waals surface area contributed by atoms with E-state index in [9.17, 15) is 9.90 Å². The lowest BCUT2D eigenvalue weighted by Gasteiger charge is -2.39. The molecule has 1 N–H and O–H groups in total. The molecule has 1 fully saturated rings. The van der Waals surface area contributed by atoms with E-state index in [1.807, 2.05) is 24.3 Å². The van der Waals surface area contributed by atoms with Gasteiger partial charge in [0.1, 0.15) is 11.8 Å². The van der Waals surface area contributed by atoms with Crippen molar-refractivity contribution in [3.8, 4) is 5.75 Å². The van der Waals surface area contributed by atoms with Crippen LogP contribution in [0.15, 0.2) is 36.4 Å². The average molecular weight is 345 g/mol. The molecule has 0 radical (unpaired) electrons. The van der Waals surface area contributed by atoms with Crippen molar-refractivity contribution in [1.29, 1.82) is 0 Å². The molecule has 2 atom stereocenters. The molecule has 4 nitrogen and oxygen atoms in total. The van der Waals surface area contributed by atoms with E-state index in [0.29, 0.717) is 6.42 Å². The first-order valence-electron chi connectivity index (χ1n) is 8.29. The maximum atomic E-state index is 11.8. The Morgan fingerprint density at radius 3 is 2.58 bits per heavy atom. The quantitative estimate of drug-likeness (QED) is 0.886. The zero-order chi connectivity index (χ0) is 17.1. The molecule has 128 valence electrons. The molecule has 1 aliphatic rings. The fraction of sp³-hybridized carbons (Fsp3) is 0.421. The largest absolute Gasteiger partial charge is 0.497 e. The summed E-state index contributed by atoms with van der Waals surface area (Å²) in [6, 6.07) is 11.8. The van der Waals surface area contributed by atoms with Crippen LogP contribution in [0.4, 0.5) is 0 Å². The third-order valence-electron chi connectivity index (χ3n) is 4.62. The molecule has 0 spiro atoms. The van der Waals surface area contributed by atoms with E-state index in [1.165, 1.54) is 9.75 Å². The van der Waals surface area contributed by atoms with E-state index < -0.39 is 12.0 Å². The first kappa shape index (κ1) is 17.0. The number of hydrogen-bond donors (Lipinski definition) is 1. The van der Waals surface area contributed by atoms with Gasteiger partial charge in [-0.1, -0.05) is 18.6 Å². The summed E-state index contributed by atoms with van der Waals surface area (Å²) in [5.41, 5.74) is 1.12. The first-order valence-corrected chi connectivity index (χ1v) is 9.10. The van der Waals surface area contributed by atoms with Crippen LogP contribution in [0.1, 0.15) is 40.6 Å². The second-order valence-corrected chi connectivity index (χ2v) is 7.53. The smallest absolute Gasteiger partial charge is 0.320 e. The summed E-state index contributed by atoms with van der Waals surface area (Å²) < 4.78 is 5.26. The number of likely N-dealkylation sites (tertiary alicyclic amines) is 1. The zero-order valence-corrected chi connectivity index (χ0v) is 14.9. The number of benzene rings is 1. The number of methoxy groups -OCH3 is 1. The number of nitrogens with zero attached hydrogens (tertiary/aromatic N) is 1. The van der Waals surface area contributed by atoms with Crippen molar-refractivity contribution < 1.29 is 14.6 Å². The second kappa shape index (κ2) is 7.36. The maximum absolute atomic E-state index is 11.8. The molecule has 24 heavy (non-hydrogen) atoms. The van der Waals surface area contributed by atoms with E-state index in [1.54, 1.807) is 18.4 Å². The van der Waals surface area contributed by atoms with Crippen LogP contribution >= 0.6 is 11.3 Å². The van der Waals surface area contributed by atoms with Crippen LogP contribution < -0.4 is 4.74 Å². The number of ether oxygens (including phenoxy) is 1. The number of aliphatic carboxylic acids is 1. The van der Waals surface area contributed by atoms with E-state index in [4.69, 9.17) is 4.74 Å². The zero-order valence-electron chi connectivity index (χ0n) is 14.1. The Balaban J connectivity index is 2.02. The topological polar surface area (TPSA) is 49.8 Å². The number of carboxylic acids is 1. The molecular formula is C19H23NO3S. The monoisotopic (exact) mass is 345 g/mol. The van der Waals surface area contributed by atoms with E-state index >= 15 is 0 Å². The Morgan fingerprint density at radius 1 is 1.25 bits per heavy atom. The summed E-state index contributed by atoms with van der Waals surface area (Å²) >= 11 is 1.74. The molecule has 1 aliphatic heterocycles. The van der Waals surface area contributed by atoms with E-state index in [2.05, 4.69) is 24.0 Å². The predicted octanol–water partition coefficient (Wildman–Crippen LogP) is 4.09. The molecule has 0 saturated carbocycles. The summed E-state index contributed by atoms with van der Waals surface area (Å²) in [7, 11) is 1.65. The van der Waals surface area contributed by atoms with Gasteiger partial charge in [-0.3, -0.25) is 9.69 Å². The third-order valence-corrected chi connectivity index (χ3v) is 5.68. The van der Waals surface area contributed by atoms with Gasteiger partial charge in [-0.25, -0.2) is 0 Å². The van der Waals surface area contributed by atoms with E-state index in [-0.39, 0.29) is 6.04 Å². The maximum Gasteiger partial charge on any atom is 0.320 e. The first-order chi connectivity index (χ1) is 11.6. The summed E-state index contributed by atoms with van der Waals surface area (Å²) in [6.45, 7) is 2.90. The normalized spacial score (nSPS) is 19.8. The van der Waals surface area contributed by atoms with Gasteiger partial charge in [-0.2, -0.15) is 0 Å². The van der Waals surface area contributed by atoms with Gasteiger partial charge in [0.25, 0.3) is 0 Å². The number of carboxylic acid groups (broad SMARTS) is 1. The highest BCUT2D eigenvalue weighted by Gasteiger charge is 2.35. The van der Waals surface area contributed by atoms with Crippen molar-refractivity contribution in [1.82, 2.24) is 4.90 Å². The lowest BCUT2D eigenvalue weighted by Crippen LogP contribution is -2.46. The van der Waals surface area contributed by atoms with Crippen molar-refractivity contribution in [3.05, 3.63) is 51.7 Å². The molecule has 5 heteroatoms. The fourth-order valence-corrected chi connectivity index (χ4v) is 4.46. The van der Waals surface area contributed by atoms with Gasteiger partial charge in [0, 0.05) is 9.75 Å². The van der Waals surface area contributed by atoms with Crippen molar-refractivity contribution in [2.45, 2.75) is 38.3 Å². The third kappa shape index (κ3) is 3.47. The molecule has 1 saturated heterocycles. The lowest BCUT2D eigenvalue weighted by molar-refractivity contribution is -0.145. The van der Waals surface area contributed by atoms with Crippen LogP contribution in [0.25, 0.3) is 0 Å². The van der Waals surface area contributed by atoms with Crippen LogP contribution in [0, 0.1) is 6.92 Å². The van der Waals surface area contributed by atoms with Crippen molar-refractivity contribution >= 4 is 17.3 Å². The van der Waals surface area contributed by atoms with Crippen LogP contribution in [-0.4, -0.2) is 35.7 Å². The Kier molecular flexibility index (Phi) is 5.21. The minimum Gasteiger partial charge on any atom is -0.497 e. The van der Waals surface area contributed by atoms with Crippen LogP contribution in [0.3, 0.4) is 0 Å². The van der Waals surface area contributed by atoms with Gasteiger partial charge in [0.2, 0.25) is 0 Å². The van der Waals surface area contributed by atoms with E-state index in [0.717, 1.165) is 30.7 Å². The van der Waals surface area contributed by atoms with Crippen LogP contribution in [0.2, 0.25) is 0 Å². The minimum absolute atomic E-state index is 0.0176. The Morgan fingerprint density at radius 2 is 2.00 bits per heavy atom. The number of aryl methyl sites for hydroxylation is 1. The number of thiophene rings is 1. The highest BCUT2D eigenvalue weighted by Crippen LogP contribution is 2.37.